The standard InChI is InChI=1S/C22H29N5O4/c1-25(2)20-18-14-27(21(28)15-11-16(29-3)13-17(12-15)30-4)6-5-19(18)23-22(24-20)26-7-9-31-10-8-26/h11-13H,5-10,14H2,1-4H3. The molecule has 0 bridgehead atoms. The molecule has 1 saturated heterocycles. The number of benzene rings is 1. The molecule has 2 aliphatic heterocycles. The molecule has 1 amide bonds. The molecule has 2 aliphatic rings. The summed E-state index contributed by atoms with van der Waals surface area (Å²) in [6, 6.07) is 5.24. The van der Waals surface area contributed by atoms with Crippen LogP contribution in [0.3, 0.4) is 0 Å². The number of ether oxygens (including phenoxy) is 3. The molecule has 0 radical (unpaired) electrons. The van der Waals surface area contributed by atoms with Gasteiger partial charge in [0.05, 0.1) is 39.7 Å². The fourth-order valence-electron chi connectivity index (χ4n) is 3.95. The van der Waals surface area contributed by atoms with Gasteiger partial charge in [0.2, 0.25) is 5.95 Å². The molecule has 166 valence electrons. The first-order valence-corrected chi connectivity index (χ1v) is 10.4. The third-order valence-electron chi connectivity index (χ3n) is 5.63. The lowest BCUT2D eigenvalue weighted by Crippen LogP contribution is -2.40. The molecule has 0 spiro atoms. The zero-order valence-electron chi connectivity index (χ0n) is 18.6. The van der Waals surface area contributed by atoms with E-state index in [9.17, 15) is 4.79 Å². The number of carbonyl (C=O) groups excluding carboxylic acids is 1. The summed E-state index contributed by atoms with van der Waals surface area (Å²) in [4.78, 5) is 29.0. The van der Waals surface area contributed by atoms with Crippen LogP contribution in [0.15, 0.2) is 18.2 Å². The van der Waals surface area contributed by atoms with Crippen LogP contribution in [-0.2, 0) is 17.7 Å². The third kappa shape index (κ3) is 4.36. The van der Waals surface area contributed by atoms with Gasteiger partial charge in [0, 0.05) is 57.3 Å². The molecule has 0 aliphatic carbocycles. The first-order chi connectivity index (χ1) is 15.0. The average Bonchev–Trinajstić information content (AvgIpc) is 2.82. The van der Waals surface area contributed by atoms with E-state index in [1.807, 2.05) is 23.9 Å². The van der Waals surface area contributed by atoms with Gasteiger partial charge in [0.1, 0.15) is 17.3 Å². The quantitative estimate of drug-likeness (QED) is 0.712. The highest BCUT2D eigenvalue weighted by Gasteiger charge is 2.28. The number of morpholine rings is 1. The second-order valence-electron chi connectivity index (χ2n) is 7.84. The number of hydrogen-bond acceptors (Lipinski definition) is 8. The Labute approximate surface area is 182 Å². The summed E-state index contributed by atoms with van der Waals surface area (Å²) in [7, 11) is 7.10. The minimum Gasteiger partial charge on any atom is -0.497 e. The van der Waals surface area contributed by atoms with Crippen molar-refractivity contribution in [3.8, 4) is 11.5 Å². The number of amides is 1. The molecule has 2 aromatic rings. The number of nitrogens with zero attached hydrogens (tertiary/aromatic N) is 5. The third-order valence-corrected chi connectivity index (χ3v) is 5.63. The van der Waals surface area contributed by atoms with Crippen LogP contribution in [0.1, 0.15) is 21.6 Å². The normalized spacial score (nSPS) is 16.0. The predicted octanol–water partition coefficient (Wildman–Crippen LogP) is 1.59. The van der Waals surface area contributed by atoms with E-state index >= 15 is 0 Å². The smallest absolute Gasteiger partial charge is 0.254 e. The highest BCUT2D eigenvalue weighted by Crippen LogP contribution is 2.30. The molecule has 0 saturated carbocycles. The predicted molar refractivity (Wildman–Crippen MR) is 117 cm³/mol. The number of anilines is 2. The fraction of sp³-hybridized carbons (Fsp3) is 0.500. The lowest BCUT2D eigenvalue weighted by Gasteiger charge is -2.33. The van der Waals surface area contributed by atoms with Gasteiger partial charge < -0.3 is 28.9 Å². The van der Waals surface area contributed by atoms with Gasteiger partial charge in [-0.05, 0) is 12.1 Å². The SMILES string of the molecule is COc1cc(OC)cc(C(=O)N2CCc3nc(N4CCOCC4)nc(N(C)C)c3C2)c1. The molecule has 1 aromatic heterocycles. The zero-order chi connectivity index (χ0) is 22.0. The summed E-state index contributed by atoms with van der Waals surface area (Å²) in [5, 5.41) is 0. The van der Waals surface area contributed by atoms with Crippen molar-refractivity contribution in [2.75, 3.05) is 71.0 Å². The van der Waals surface area contributed by atoms with Crippen molar-refractivity contribution in [1.29, 1.82) is 0 Å². The molecule has 1 fully saturated rings. The molecule has 9 heteroatoms. The van der Waals surface area contributed by atoms with E-state index < -0.39 is 0 Å². The van der Waals surface area contributed by atoms with Crippen LogP contribution in [0.2, 0.25) is 0 Å². The van der Waals surface area contributed by atoms with Crippen molar-refractivity contribution in [2.45, 2.75) is 13.0 Å². The first-order valence-electron chi connectivity index (χ1n) is 10.4. The Morgan fingerprint density at radius 1 is 1.03 bits per heavy atom. The summed E-state index contributed by atoms with van der Waals surface area (Å²) in [6.07, 6.45) is 0.683. The number of aromatic nitrogens is 2. The highest BCUT2D eigenvalue weighted by molar-refractivity contribution is 5.95. The Balaban J connectivity index is 1.62. The van der Waals surface area contributed by atoms with Gasteiger partial charge in [-0.1, -0.05) is 0 Å². The van der Waals surface area contributed by atoms with Gasteiger partial charge in [-0.25, -0.2) is 4.98 Å². The van der Waals surface area contributed by atoms with Crippen LogP contribution in [0, 0.1) is 0 Å². The van der Waals surface area contributed by atoms with Crippen molar-refractivity contribution in [2.24, 2.45) is 0 Å². The van der Waals surface area contributed by atoms with Gasteiger partial charge in [-0.2, -0.15) is 4.98 Å². The second kappa shape index (κ2) is 8.97. The maximum absolute atomic E-state index is 13.3. The summed E-state index contributed by atoms with van der Waals surface area (Å²) in [5.74, 6) is 2.71. The van der Waals surface area contributed by atoms with Crippen molar-refractivity contribution >= 4 is 17.7 Å². The van der Waals surface area contributed by atoms with E-state index in [-0.39, 0.29) is 5.91 Å². The number of fused-ring (bicyclic) bond motifs is 1. The summed E-state index contributed by atoms with van der Waals surface area (Å²) >= 11 is 0. The lowest BCUT2D eigenvalue weighted by atomic mass is 10.0. The van der Waals surface area contributed by atoms with Gasteiger partial charge >= 0.3 is 0 Å². The highest BCUT2D eigenvalue weighted by atomic mass is 16.5. The molecule has 4 rings (SSSR count). The van der Waals surface area contributed by atoms with E-state index in [1.165, 1.54) is 0 Å². The van der Waals surface area contributed by atoms with E-state index in [2.05, 4.69) is 4.90 Å². The van der Waals surface area contributed by atoms with E-state index in [0.717, 1.165) is 36.1 Å². The Bertz CT molecular complexity index is 937. The molecule has 1 aromatic carbocycles. The Hall–Kier alpha value is -3.07. The van der Waals surface area contributed by atoms with Gasteiger partial charge in [-0.15, -0.1) is 0 Å². The van der Waals surface area contributed by atoms with Crippen molar-refractivity contribution in [3.05, 3.63) is 35.0 Å². The van der Waals surface area contributed by atoms with E-state index in [4.69, 9.17) is 24.2 Å². The monoisotopic (exact) mass is 427 g/mol. The minimum atomic E-state index is -0.0650. The van der Waals surface area contributed by atoms with Crippen LogP contribution >= 0.6 is 0 Å². The fourth-order valence-corrected chi connectivity index (χ4v) is 3.95. The maximum Gasteiger partial charge on any atom is 0.254 e. The van der Waals surface area contributed by atoms with Crippen LogP contribution in [-0.4, -0.2) is 81.9 Å². The number of rotatable bonds is 5. The van der Waals surface area contributed by atoms with Crippen molar-refractivity contribution in [3.63, 3.8) is 0 Å². The molecule has 0 N–H and O–H groups in total. The molecular formula is C22H29N5O4. The van der Waals surface area contributed by atoms with Crippen LogP contribution in [0.5, 0.6) is 11.5 Å². The number of carbonyl (C=O) groups is 1. The Kier molecular flexibility index (Phi) is 6.13. The zero-order valence-corrected chi connectivity index (χ0v) is 18.6. The summed E-state index contributed by atoms with van der Waals surface area (Å²) < 4.78 is 16.1. The summed E-state index contributed by atoms with van der Waals surface area (Å²) in [6.45, 7) is 4.00. The van der Waals surface area contributed by atoms with Gasteiger partial charge in [0.15, 0.2) is 0 Å². The minimum absolute atomic E-state index is 0.0650. The Morgan fingerprint density at radius 3 is 2.32 bits per heavy atom. The van der Waals surface area contributed by atoms with Gasteiger partial charge in [-0.3, -0.25) is 4.79 Å². The van der Waals surface area contributed by atoms with Crippen LogP contribution < -0.4 is 19.3 Å². The van der Waals surface area contributed by atoms with Crippen molar-refractivity contribution in [1.82, 2.24) is 14.9 Å². The lowest BCUT2D eigenvalue weighted by molar-refractivity contribution is 0.0732. The first kappa shape index (κ1) is 21.2. The number of methoxy groups -OCH3 is 2. The average molecular weight is 428 g/mol. The largest absolute Gasteiger partial charge is 0.497 e. The molecule has 31 heavy (non-hydrogen) atoms. The second-order valence-corrected chi connectivity index (χ2v) is 7.84. The molecule has 0 atom stereocenters. The van der Waals surface area contributed by atoms with Crippen LogP contribution in [0.4, 0.5) is 11.8 Å². The molecular weight excluding hydrogens is 398 g/mol. The maximum atomic E-state index is 13.3. The van der Waals surface area contributed by atoms with E-state index in [0.29, 0.717) is 49.8 Å². The molecule has 9 nitrogen and oxygen atoms in total. The molecule has 0 unspecified atom stereocenters. The van der Waals surface area contributed by atoms with Crippen LogP contribution in [0.25, 0.3) is 0 Å². The van der Waals surface area contributed by atoms with Gasteiger partial charge in [0.25, 0.3) is 5.91 Å². The van der Waals surface area contributed by atoms with E-state index in [1.54, 1.807) is 32.4 Å². The Morgan fingerprint density at radius 2 is 1.71 bits per heavy atom. The van der Waals surface area contributed by atoms with Crippen molar-refractivity contribution < 1.29 is 19.0 Å². The molecule has 3 heterocycles. The topological polar surface area (TPSA) is 80.3 Å². The summed E-state index contributed by atoms with van der Waals surface area (Å²) in [5.41, 5.74) is 2.54. The number of hydrogen-bond donors (Lipinski definition) is 0.